The van der Waals surface area contributed by atoms with Gasteiger partial charge in [0.05, 0.1) is 39.3 Å². The normalized spacial score (nSPS) is 37.3. The second-order valence-electron chi connectivity index (χ2n) is 12.0. The fraction of sp³-hybridized carbons (Fsp3) is 0.600. The Morgan fingerprint density at radius 1 is 0.576 bits per heavy atom. The lowest BCUT2D eigenvalue weighted by atomic mass is 9.74. The van der Waals surface area contributed by atoms with Crippen LogP contribution in [0.5, 0.6) is 0 Å². The van der Waals surface area contributed by atoms with Gasteiger partial charge >= 0.3 is 0 Å². The number of quaternary nitrogens is 2. The van der Waals surface area contributed by atoms with Gasteiger partial charge in [-0.2, -0.15) is 0 Å². The topological polar surface area (TPSA) is 9.23 Å². The maximum absolute atomic E-state index is 6.69. The minimum absolute atomic E-state index is 0.839. The molecule has 6 heterocycles. The Morgan fingerprint density at radius 2 is 0.970 bits per heavy atom. The number of benzene rings is 2. The van der Waals surface area contributed by atoms with E-state index in [4.69, 9.17) is 4.74 Å². The lowest BCUT2D eigenvalue weighted by molar-refractivity contribution is -0.994. The molecular formula is C30H42N2O+2. The molecule has 0 spiro atoms. The van der Waals surface area contributed by atoms with Gasteiger partial charge in [0.2, 0.25) is 0 Å². The van der Waals surface area contributed by atoms with Crippen molar-refractivity contribution in [3.05, 3.63) is 71.8 Å². The van der Waals surface area contributed by atoms with E-state index < -0.39 is 0 Å². The van der Waals surface area contributed by atoms with Gasteiger partial charge in [-0.25, -0.2) is 0 Å². The van der Waals surface area contributed by atoms with E-state index in [0.717, 1.165) is 37.1 Å². The predicted molar refractivity (Wildman–Crippen MR) is 133 cm³/mol. The Hall–Kier alpha value is -1.68. The molecule has 0 N–H and O–H groups in total. The third kappa shape index (κ3) is 4.65. The van der Waals surface area contributed by atoms with Crippen LogP contribution < -0.4 is 0 Å². The molecule has 2 aromatic rings. The Morgan fingerprint density at radius 3 is 1.36 bits per heavy atom. The standard InChI is InChI=1S/C30H42N2O/c1-3-7-25(8-4-1)19-29-21-31(15-11-27(29)12-16-31)23-33-24-32-17-13-28(14-18-32)30(22-32)20-26-9-5-2-6-10-26/h1-10,27-30H,11-24H2/q+2. The number of piperidine rings is 6. The van der Waals surface area contributed by atoms with Crippen molar-refractivity contribution in [3.63, 3.8) is 0 Å². The molecule has 8 rings (SSSR count). The zero-order valence-corrected chi connectivity index (χ0v) is 20.3. The van der Waals surface area contributed by atoms with Gasteiger partial charge in [-0.15, -0.1) is 0 Å². The number of fused-ring (bicyclic) bond motifs is 6. The number of hydrogen-bond donors (Lipinski definition) is 0. The Bertz CT molecular complexity index is 822. The van der Waals surface area contributed by atoms with E-state index >= 15 is 0 Å². The molecule has 0 aromatic heterocycles. The summed E-state index contributed by atoms with van der Waals surface area (Å²) in [5.41, 5.74) is 3.04. The van der Waals surface area contributed by atoms with E-state index in [1.165, 1.54) is 97.9 Å². The molecule has 4 bridgehead atoms. The maximum atomic E-state index is 6.69. The third-order valence-electron chi connectivity index (χ3n) is 9.89. The van der Waals surface area contributed by atoms with Crippen molar-refractivity contribution < 1.29 is 13.7 Å². The molecule has 0 radical (unpaired) electrons. The molecule has 33 heavy (non-hydrogen) atoms. The Balaban J connectivity index is 1.05. The summed E-state index contributed by atoms with van der Waals surface area (Å²) in [6, 6.07) is 22.4. The van der Waals surface area contributed by atoms with E-state index in [9.17, 15) is 0 Å². The Labute approximate surface area is 200 Å². The summed E-state index contributed by atoms with van der Waals surface area (Å²) in [5, 5.41) is 0. The maximum Gasteiger partial charge on any atom is 0.188 e. The monoisotopic (exact) mass is 446 g/mol. The van der Waals surface area contributed by atoms with Crippen LogP contribution in [0.1, 0.15) is 36.8 Å². The summed E-state index contributed by atoms with van der Waals surface area (Å²) in [7, 11) is 0. The highest BCUT2D eigenvalue weighted by atomic mass is 16.5. The lowest BCUT2D eigenvalue weighted by Crippen LogP contribution is -2.65. The molecule has 3 heteroatoms. The Kier molecular flexibility index (Phi) is 6.06. The van der Waals surface area contributed by atoms with Crippen LogP contribution in [0.3, 0.4) is 0 Å². The number of rotatable bonds is 8. The van der Waals surface area contributed by atoms with Crippen LogP contribution in [0, 0.1) is 23.7 Å². The smallest absolute Gasteiger partial charge is 0.188 e. The van der Waals surface area contributed by atoms with Crippen molar-refractivity contribution in [2.45, 2.75) is 38.5 Å². The van der Waals surface area contributed by atoms with Crippen LogP contribution in [0.25, 0.3) is 0 Å². The summed E-state index contributed by atoms with van der Waals surface area (Å²) >= 11 is 0. The number of ether oxygens (including phenoxy) is 1. The second-order valence-corrected chi connectivity index (χ2v) is 12.0. The van der Waals surface area contributed by atoms with Gasteiger partial charge in [-0.05, 0) is 35.8 Å². The van der Waals surface area contributed by atoms with Crippen molar-refractivity contribution in [1.82, 2.24) is 0 Å². The fourth-order valence-corrected chi connectivity index (χ4v) is 7.96. The minimum atomic E-state index is 0.839. The highest BCUT2D eigenvalue weighted by Gasteiger charge is 2.48. The molecule has 2 atom stereocenters. The molecule has 0 amide bonds. The van der Waals surface area contributed by atoms with Gasteiger partial charge in [0, 0.05) is 37.5 Å². The van der Waals surface area contributed by atoms with Gasteiger partial charge in [-0.3, -0.25) is 4.74 Å². The average Bonchev–Trinajstić information content (AvgIpc) is 2.86. The highest BCUT2D eigenvalue weighted by molar-refractivity contribution is 5.16. The van der Waals surface area contributed by atoms with Crippen molar-refractivity contribution in [2.75, 3.05) is 52.7 Å². The van der Waals surface area contributed by atoms with Crippen molar-refractivity contribution in [1.29, 1.82) is 0 Å². The molecular weight excluding hydrogens is 404 g/mol. The second kappa shape index (κ2) is 9.17. The van der Waals surface area contributed by atoms with Gasteiger partial charge in [-0.1, -0.05) is 60.7 Å². The zero-order chi connectivity index (χ0) is 22.1. The summed E-state index contributed by atoms with van der Waals surface area (Å²) in [5.74, 6) is 3.55. The summed E-state index contributed by atoms with van der Waals surface area (Å²) < 4.78 is 9.14. The largest absolute Gasteiger partial charge is 0.301 e. The van der Waals surface area contributed by atoms with E-state index in [1.54, 1.807) is 0 Å². The minimum Gasteiger partial charge on any atom is -0.301 e. The van der Waals surface area contributed by atoms with Crippen LogP contribution in [0.15, 0.2) is 60.7 Å². The van der Waals surface area contributed by atoms with Crippen LogP contribution in [-0.2, 0) is 17.6 Å². The molecule has 176 valence electrons. The lowest BCUT2D eigenvalue weighted by Gasteiger charge is -2.54. The SMILES string of the molecule is c1ccc(CC2C[N+]3(COC[N+]45CCC(CC4)C(Cc4ccccc4)C5)CCC2CC3)cc1. The molecule has 6 fully saturated rings. The summed E-state index contributed by atoms with van der Waals surface area (Å²) in [6.45, 7) is 9.93. The fourth-order valence-electron chi connectivity index (χ4n) is 7.96. The molecule has 3 nitrogen and oxygen atoms in total. The van der Waals surface area contributed by atoms with E-state index in [1.807, 2.05) is 0 Å². The zero-order valence-electron chi connectivity index (χ0n) is 20.3. The molecule has 6 aliphatic heterocycles. The first-order chi connectivity index (χ1) is 16.2. The molecule has 6 aliphatic rings. The quantitative estimate of drug-likeness (QED) is 0.512. The van der Waals surface area contributed by atoms with E-state index in [2.05, 4.69) is 60.7 Å². The first-order valence-corrected chi connectivity index (χ1v) is 13.6. The van der Waals surface area contributed by atoms with E-state index in [0.29, 0.717) is 0 Å². The highest BCUT2D eigenvalue weighted by Crippen LogP contribution is 2.41. The molecule has 6 saturated heterocycles. The molecule has 0 saturated carbocycles. The predicted octanol–water partition coefficient (Wildman–Crippen LogP) is 5.12. The van der Waals surface area contributed by atoms with Crippen LogP contribution in [-0.4, -0.2) is 61.7 Å². The van der Waals surface area contributed by atoms with Crippen molar-refractivity contribution in [3.8, 4) is 0 Å². The first-order valence-electron chi connectivity index (χ1n) is 13.6. The first kappa shape index (κ1) is 21.8. The van der Waals surface area contributed by atoms with Gasteiger partial charge in [0.15, 0.2) is 13.5 Å². The van der Waals surface area contributed by atoms with Crippen LogP contribution in [0.4, 0.5) is 0 Å². The average molecular weight is 447 g/mol. The van der Waals surface area contributed by atoms with Crippen molar-refractivity contribution in [2.24, 2.45) is 23.7 Å². The molecule has 0 aliphatic carbocycles. The molecule has 2 unspecified atom stereocenters. The molecule has 2 aromatic carbocycles. The van der Waals surface area contributed by atoms with Gasteiger partial charge < -0.3 is 8.97 Å². The number of hydrogen-bond acceptors (Lipinski definition) is 1. The summed E-state index contributed by atoms with van der Waals surface area (Å²) in [4.78, 5) is 0. The summed E-state index contributed by atoms with van der Waals surface area (Å²) in [6.07, 6.45) is 8.13. The van der Waals surface area contributed by atoms with Gasteiger partial charge in [0.25, 0.3) is 0 Å². The van der Waals surface area contributed by atoms with Crippen LogP contribution >= 0.6 is 0 Å². The number of nitrogens with zero attached hydrogens (tertiary/aromatic N) is 2. The third-order valence-corrected chi connectivity index (χ3v) is 9.89. The van der Waals surface area contributed by atoms with Crippen LogP contribution in [0.2, 0.25) is 0 Å². The van der Waals surface area contributed by atoms with Gasteiger partial charge in [0.1, 0.15) is 0 Å². The van der Waals surface area contributed by atoms with E-state index in [-0.39, 0.29) is 0 Å². The van der Waals surface area contributed by atoms with Crippen molar-refractivity contribution >= 4 is 0 Å².